The van der Waals surface area contributed by atoms with Crippen LogP contribution in [0.1, 0.15) is 59.7 Å². The number of nitrogens with zero attached hydrogens (tertiary/aromatic N) is 2. The molecule has 3 heterocycles. The number of amides is 1. The third kappa shape index (κ3) is 3.67. The number of benzene rings is 1. The standard InChI is InChI=1S/C23H26FN3O2S/c1-14-18-21(26-17-11-5-4-8-12-27(17)22(18)29)30-19(14)20(28)25-13-23(2,3)15-9-6-7-10-16(15)24/h6-7,9-10H,4-5,8,11-13H2,1-3H3,(H,25,28). The van der Waals surface area contributed by atoms with Gasteiger partial charge in [-0.3, -0.25) is 14.2 Å². The van der Waals surface area contributed by atoms with Crippen LogP contribution in [0.4, 0.5) is 4.39 Å². The third-order valence-corrected chi connectivity index (χ3v) is 7.10. The summed E-state index contributed by atoms with van der Waals surface area (Å²) in [6.07, 6.45) is 3.89. The van der Waals surface area contributed by atoms with Crippen molar-refractivity contribution in [2.24, 2.45) is 0 Å². The number of rotatable bonds is 4. The van der Waals surface area contributed by atoms with E-state index in [9.17, 15) is 14.0 Å². The van der Waals surface area contributed by atoms with Crippen LogP contribution in [0.15, 0.2) is 29.1 Å². The molecule has 3 aromatic rings. The maximum absolute atomic E-state index is 14.2. The predicted octanol–water partition coefficient (Wildman–Crippen LogP) is 4.34. The maximum Gasteiger partial charge on any atom is 0.262 e. The van der Waals surface area contributed by atoms with Crippen molar-refractivity contribution in [2.45, 2.75) is 58.4 Å². The van der Waals surface area contributed by atoms with Crippen molar-refractivity contribution in [2.75, 3.05) is 6.54 Å². The fraction of sp³-hybridized carbons (Fsp3) is 0.435. The maximum atomic E-state index is 14.2. The number of hydrogen-bond donors (Lipinski definition) is 1. The summed E-state index contributed by atoms with van der Waals surface area (Å²) in [5.41, 5.74) is 0.618. The molecule has 30 heavy (non-hydrogen) atoms. The largest absolute Gasteiger partial charge is 0.350 e. The van der Waals surface area contributed by atoms with Crippen molar-refractivity contribution in [3.63, 3.8) is 0 Å². The molecule has 0 atom stereocenters. The molecule has 158 valence electrons. The van der Waals surface area contributed by atoms with E-state index < -0.39 is 5.41 Å². The van der Waals surface area contributed by atoms with E-state index in [4.69, 9.17) is 4.98 Å². The van der Waals surface area contributed by atoms with E-state index in [1.165, 1.54) is 17.4 Å². The SMILES string of the molecule is Cc1c(C(=O)NCC(C)(C)c2ccccc2F)sc2nc3n(c(=O)c12)CCCCC3. The highest BCUT2D eigenvalue weighted by atomic mass is 32.1. The van der Waals surface area contributed by atoms with Crippen LogP contribution in [0.2, 0.25) is 0 Å². The molecule has 1 N–H and O–H groups in total. The zero-order chi connectivity index (χ0) is 21.5. The van der Waals surface area contributed by atoms with Gasteiger partial charge in [0.25, 0.3) is 11.5 Å². The van der Waals surface area contributed by atoms with Gasteiger partial charge in [0.15, 0.2) is 0 Å². The van der Waals surface area contributed by atoms with Crippen molar-refractivity contribution in [3.8, 4) is 0 Å². The normalized spacial score (nSPS) is 14.4. The first-order valence-corrected chi connectivity index (χ1v) is 11.2. The van der Waals surface area contributed by atoms with Crippen molar-refractivity contribution in [1.29, 1.82) is 0 Å². The summed E-state index contributed by atoms with van der Waals surface area (Å²) in [6.45, 7) is 6.57. The van der Waals surface area contributed by atoms with Gasteiger partial charge in [0.1, 0.15) is 16.5 Å². The molecule has 4 rings (SSSR count). The van der Waals surface area contributed by atoms with Crippen LogP contribution < -0.4 is 10.9 Å². The predicted molar refractivity (Wildman–Crippen MR) is 118 cm³/mol. The van der Waals surface area contributed by atoms with E-state index in [-0.39, 0.29) is 23.8 Å². The van der Waals surface area contributed by atoms with Gasteiger partial charge in [0, 0.05) is 24.9 Å². The Morgan fingerprint density at radius 2 is 2.03 bits per heavy atom. The fourth-order valence-corrected chi connectivity index (χ4v) is 5.22. The molecule has 7 heteroatoms. The van der Waals surface area contributed by atoms with E-state index in [2.05, 4.69) is 5.32 Å². The first kappa shape index (κ1) is 20.7. The monoisotopic (exact) mass is 427 g/mol. The Hall–Kier alpha value is -2.54. The molecule has 1 aliphatic rings. The lowest BCUT2D eigenvalue weighted by Gasteiger charge is -2.26. The average Bonchev–Trinajstić information content (AvgIpc) is 2.88. The van der Waals surface area contributed by atoms with Gasteiger partial charge in [-0.2, -0.15) is 0 Å². The zero-order valence-corrected chi connectivity index (χ0v) is 18.4. The van der Waals surface area contributed by atoms with Gasteiger partial charge >= 0.3 is 0 Å². The molecule has 0 aliphatic carbocycles. The third-order valence-electron chi connectivity index (χ3n) is 5.91. The number of thiophene rings is 1. The van der Waals surface area contributed by atoms with Crippen molar-refractivity contribution in [3.05, 3.63) is 62.3 Å². The van der Waals surface area contributed by atoms with Crippen LogP contribution in [0.5, 0.6) is 0 Å². The smallest absolute Gasteiger partial charge is 0.262 e. The number of aryl methyl sites for hydroxylation is 2. The Morgan fingerprint density at radius 3 is 2.80 bits per heavy atom. The lowest BCUT2D eigenvalue weighted by molar-refractivity contribution is 0.0949. The first-order valence-electron chi connectivity index (χ1n) is 10.4. The van der Waals surface area contributed by atoms with Crippen LogP contribution >= 0.6 is 11.3 Å². The van der Waals surface area contributed by atoms with Gasteiger partial charge < -0.3 is 5.32 Å². The zero-order valence-electron chi connectivity index (χ0n) is 17.5. The van der Waals surface area contributed by atoms with Crippen LogP contribution in [0.25, 0.3) is 10.2 Å². The summed E-state index contributed by atoms with van der Waals surface area (Å²) >= 11 is 1.26. The minimum atomic E-state index is -0.569. The number of carbonyl (C=O) groups is 1. The van der Waals surface area contributed by atoms with Gasteiger partial charge in [0.2, 0.25) is 0 Å². The molecule has 1 aromatic carbocycles. The minimum Gasteiger partial charge on any atom is -0.350 e. The van der Waals surface area contributed by atoms with Crippen LogP contribution in [0, 0.1) is 12.7 Å². The lowest BCUT2D eigenvalue weighted by Crippen LogP contribution is -2.37. The second-order valence-electron chi connectivity index (χ2n) is 8.58. The Balaban J connectivity index is 1.63. The molecule has 1 amide bonds. The summed E-state index contributed by atoms with van der Waals surface area (Å²) in [5.74, 6) is 0.284. The molecule has 0 fully saturated rings. The molecular weight excluding hydrogens is 401 g/mol. The number of aromatic nitrogens is 2. The highest BCUT2D eigenvalue weighted by Gasteiger charge is 2.27. The van der Waals surface area contributed by atoms with Crippen molar-refractivity contribution < 1.29 is 9.18 Å². The molecule has 5 nitrogen and oxygen atoms in total. The summed E-state index contributed by atoms with van der Waals surface area (Å²) < 4.78 is 16.0. The van der Waals surface area contributed by atoms with Gasteiger partial charge in [-0.25, -0.2) is 9.37 Å². The van der Waals surface area contributed by atoms with Gasteiger partial charge in [0.05, 0.1) is 10.3 Å². The molecule has 0 unspecified atom stereocenters. The molecule has 1 aliphatic heterocycles. The topological polar surface area (TPSA) is 64.0 Å². The Labute approximate surface area is 179 Å². The number of halogens is 1. The second kappa shape index (κ2) is 7.95. The Kier molecular flexibility index (Phi) is 5.49. The summed E-state index contributed by atoms with van der Waals surface area (Å²) in [7, 11) is 0. The first-order chi connectivity index (χ1) is 14.3. The molecular formula is C23H26FN3O2S. The lowest BCUT2D eigenvalue weighted by atomic mass is 9.84. The van der Waals surface area contributed by atoms with Gasteiger partial charge in [-0.05, 0) is 37.0 Å². The van der Waals surface area contributed by atoms with Crippen LogP contribution in [0.3, 0.4) is 0 Å². The summed E-state index contributed by atoms with van der Waals surface area (Å²) in [4.78, 5) is 31.9. The van der Waals surface area contributed by atoms with Crippen molar-refractivity contribution in [1.82, 2.24) is 14.9 Å². The highest BCUT2D eigenvalue weighted by molar-refractivity contribution is 7.20. The molecule has 0 saturated heterocycles. The quantitative estimate of drug-likeness (QED) is 0.674. The van der Waals surface area contributed by atoms with E-state index in [1.807, 2.05) is 20.8 Å². The Morgan fingerprint density at radius 1 is 1.27 bits per heavy atom. The molecule has 0 saturated carbocycles. The van der Waals surface area contributed by atoms with Crippen LogP contribution in [-0.2, 0) is 18.4 Å². The summed E-state index contributed by atoms with van der Waals surface area (Å²) in [5, 5.41) is 3.48. The number of hydrogen-bond acceptors (Lipinski definition) is 4. The average molecular weight is 428 g/mol. The second-order valence-corrected chi connectivity index (χ2v) is 9.58. The minimum absolute atomic E-state index is 0.0450. The molecule has 2 aromatic heterocycles. The number of carbonyl (C=O) groups excluding carboxylic acids is 1. The van der Waals surface area contributed by atoms with Gasteiger partial charge in [-0.15, -0.1) is 11.3 Å². The molecule has 0 bridgehead atoms. The number of nitrogens with one attached hydrogen (secondary N) is 1. The van der Waals surface area contributed by atoms with Crippen molar-refractivity contribution >= 4 is 27.5 Å². The molecule has 0 radical (unpaired) electrons. The number of fused-ring (bicyclic) bond motifs is 2. The molecule has 0 spiro atoms. The van der Waals surface area contributed by atoms with E-state index in [1.54, 1.807) is 22.8 Å². The highest BCUT2D eigenvalue weighted by Crippen LogP contribution is 2.29. The van der Waals surface area contributed by atoms with Gasteiger partial charge in [-0.1, -0.05) is 38.5 Å². The Bertz CT molecular complexity index is 1180. The summed E-state index contributed by atoms with van der Waals surface area (Å²) in [6, 6.07) is 6.62. The van der Waals surface area contributed by atoms with E-state index in [0.717, 1.165) is 31.5 Å². The van der Waals surface area contributed by atoms with E-state index in [0.29, 0.717) is 32.8 Å². The fourth-order valence-electron chi connectivity index (χ4n) is 4.11. The van der Waals surface area contributed by atoms with E-state index >= 15 is 0 Å². The van der Waals surface area contributed by atoms with Crippen LogP contribution in [-0.4, -0.2) is 22.0 Å².